The Hall–Kier alpha value is -2.80. The molecule has 0 bridgehead atoms. The van der Waals surface area contributed by atoms with Crippen LogP contribution >= 0.6 is 11.3 Å². The number of aryl methyl sites for hydroxylation is 2. The summed E-state index contributed by atoms with van der Waals surface area (Å²) >= 11 is 1.47. The van der Waals surface area contributed by atoms with Gasteiger partial charge in [-0.3, -0.25) is 10.2 Å². The van der Waals surface area contributed by atoms with Gasteiger partial charge in [-0.2, -0.15) is 5.10 Å². The van der Waals surface area contributed by atoms with Gasteiger partial charge in [0.25, 0.3) is 5.91 Å². The van der Waals surface area contributed by atoms with Crippen molar-refractivity contribution >= 4 is 44.0 Å². The van der Waals surface area contributed by atoms with E-state index in [1.165, 1.54) is 23.5 Å². The first-order valence-electron chi connectivity index (χ1n) is 8.66. The molecule has 0 spiro atoms. The van der Waals surface area contributed by atoms with Crippen molar-refractivity contribution in [2.24, 2.45) is 5.10 Å². The molecule has 7 heteroatoms. The van der Waals surface area contributed by atoms with Crippen molar-refractivity contribution in [2.75, 3.05) is 10.7 Å². The Morgan fingerprint density at radius 2 is 2.04 bits per heavy atom. The molecule has 0 radical (unpaired) electrons. The summed E-state index contributed by atoms with van der Waals surface area (Å²) in [6, 6.07) is 7.86. The Kier molecular flexibility index (Phi) is 5.51. The van der Waals surface area contributed by atoms with Gasteiger partial charge in [-0.15, -0.1) is 0 Å². The molecule has 3 rings (SSSR count). The second kappa shape index (κ2) is 7.84. The predicted molar refractivity (Wildman–Crippen MR) is 110 cm³/mol. The largest absolute Gasteiger partial charge is 0.321 e. The van der Waals surface area contributed by atoms with Crippen molar-refractivity contribution in [1.82, 2.24) is 4.98 Å². The summed E-state index contributed by atoms with van der Waals surface area (Å²) in [6.07, 6.45) is 0.863. The fourth-order valence-electron chi connectivity index (χ4n) is 2.67. The summed E-state index contributed by atoms with van der Waals surface area (Å²) in [5.74, 6) is -1.01. The second-order valence-electron chi connectivity index (χ2n) is 6.31. The highest BCUT2D eigenvalue weighted by atomic mass is 32.1. The number of nitrogens with zero attached hydrogens (tertiary/aromatic N) is 2. The first-order valence-corrected chi connectivity index (χ1v) is 9.48. The van der Waals surface area contributed by atoms with Gasteiger partial charge in [0.2, 0.25) is 5.13 Å². The molecule has 0 atom stereocenters. The molecule has 0 aliphatic heterocycles. The minimum absolute atomic E-state index is 0.0208. The van der Waals surface area contributed by atoms with Gasteiger partial charge in [-0.25, -0.2) is 9.37 Å². The molecule has 5 nitrogen and oxygen atoms in total. The van der Waals surface area contributed by atoms with Crippen LogP contribution in [0.4, 0.5) is 15.2 Å². The van der Waals surface area contributed by atoms with Crippen molar-refractivity contribution < 1.29 is 9.18 Å². The summed E-state index contributed by atoms with van der Waals surface area (Å²) in [7, 11) is 0. The summed E-state index contributed by atoms with van der Waals surface area (Å²) in [4.78, 5) is 17.1. The van der Waals surface area contributed by atoms with E-state index in [2.05, 4.69) is 20.8 Å². The third-order valence-corrected chi connectivity index (χ3v) is 5.42. The number of hydrogen-bond donors (Lipinski definition) is 2. The highest BCUT2D eigenvalue weighted by molar-refractivity contribution is 7.22. The highest BCUT2D eigenvalue weighted by Gasteiger charge is 2.17. The number of carbonyl (C=O) groups excluding carboxylic acids is 1. The van der Waals surface area contributed by atoms with Crippen LogP contribution in [0.25, 0.3) is 10.2 Å². The molecule has 1 heterocycles. The normalized spacial score (nSPS) is 11.7. The second-order valence-corrected chi connectivity index (χ2v) is 7.31. The number of nitrogens with one attached hydrogen (secondary N) is 2. The Morgan fingerprint density at radius 3 is 2.74 bits per heavy atom. The van der Waals surface area contributed by atoms with Crippen LogP contribution in [0.15, 0.2) is 35.4 Å². The Morgan fingerprint density at radius 1 is 1.30 bits per heavy atom. The Balaban J connectivity index is 1.94. The molecule has 2 aromatic carbocycles. The number of aromatic nitrogens is 1. The molecule has 0 unspecified atom stereocenters. The average molecular weight is 384 g/mol. The smallest absolute Gasteiger partial charge is 0.258 e. The predicted octanol–water partition coefficient (Wildman–Crippen LogP) is 5.50. The molecule has 0 aliphatic rings. The molecule has 1 amide bonds. The van der Waals surface area contributed by atoms with Gasteiger partial charge in [-0.1, -0.05) is 30.4 Å². The first kappa shape index (κ1) is 19.0. The van der Waals surface area contributed by atoms with Gasteiger partial charge in [0.05, 0.1) is 15.8 Å². The lowest BCUT2D eigenvalue weighted by molar-refractivity contribution is 0.102. The van der Waals surface area contributed by atoms with Gasteiger partial charge in [0, 0.05) is 11.4 Å². The number of thiazole rings is 1. The van der Waals surface area contributed by atoms with Crippen LogP contribution in [0.3, 0.4) is 0 Å². The standard InChI is InChI=1S/C20H21FN4OS/c1-5-12(3)24-25-20-22-16-10-11(2)17(13(4)18(16)27-20)23-19(26)14-8-6-7-9-15(14)21/h6-10H,5H2,1-4H3,(H,22,25)(H,23,26)/b24-12+. The first-order chi connectivity index (χ1) is 12.9. The molecular weight excluding hydrogens is 363 g/mol. The van der Waals surface area contributed by atoms with Crippen LogP contribution in [0, 0.1) is 19.7 Å². The van der Waals surface area contributed by atoms with E-state index in [0.717, 1.165) is 33.5 Å². The highest BCUT2D eigenvalue weighted by Crippen LogP contribution is 2.35. The third-order valence-electron chi connectivity index (χ3n) is 4.33. The number of hydrazone groups is 1. The number of carbonyl (C=O) groups is 1. The van der Waals surface area contributed by atoms with E-state index in [1.807, 2.05) is 33.8 Å². The minimum Gasteiger partial charge on any atom is -0.321 e. The molecule has 2 N–H and O–H groups in total. The fraction of sp³-hybridized carbons (Fsp3) is 0.250. The van der Waals surface area contributed by atoms with Crippen molar-refractivity contribution in [3.05, 3.63) is 52.8 Å². The minimum atomic E-state index is -0.542. The lowest BCUT2D eigenvalue weighted by Gasteiger charge is -2.12. The van der Waals surface area contributed by atoms with Gasteiger partial charge < -0.3 is 5.32 Å². The maximum Gasteiger partial charge on any atom is 0.258 e. The van der Waals surface area contributed by atoms with Gasteiger partial charge in [-0.05, 0) is 56.5 Å². The molecule has 140 valence electrons. The molecule has 3 aromatic rings. The van der Waals surface area contributed by atoms with E-state index in [4.69, 9.17) is 0 Å². The van der Waals surface area contributed by atoms with Gasteiger partial charge in [0.15, 0.2) is 0 Å². The summed E-state index contributed by atoms with van der Waals surface area (Å²) < 4.78 is 14.8. The summed E-state index contributed by atoms with van der Waals surface area (Å²) in [5, 5.41) is 7.82. The van der Waals surface area contributed by atoms with Crippen molar-refractivity contribution in [1.29, 1.82) is 0 Å². The average Bonchev–Trinajstić information content (AvgIpc) is 3.06. The third kappa shape index (κ3) is 3.98. The van der Waals surface area contributed by atoms with E-state index >= 15 is 0 Å². The Bertz CT molecular complexity index is 1040. The van der Waals surface area contributed by atoms with Crippen LogP contribution in [0.1, 0.15) is 41.8 Å². The van der Waals surface area contributed by atoms with Crippen LogP contribution in [0.2, 0.25) is 0 Å². The van der Waals surface area contributed by atoms with Crippen molar-refractivity contribution in [3.8, 4) is 0 Å². The molecule has 0 saturated carbocycles. The van der Waals surface area contributed by atoms with Crippen LogP contribution in [0.5, 0.6) is 0 Å². The van der Waals surface area contributed by atoms with E-state index in [1.54, 1.807) is 12.1 Å². The Labute approximate surface area is 161 Å². The van der Waals surface area contributed by atoms with E-state index in [-0.39, 0.29) is 5.56 Å². The molecule has 27 heavy (non-hydrogen) atoms. The maximum absolute atomic E-state index is 13.9. The molecule has 0 saturated heterocycles. The number of hydrogen-bond acceptors (Lipinski definition) is 5. The zero-order chi connectivity index (χ0) is 19.6. The van der Waals surface area contributed by atoms with Crippen LogP contribution < -0.4 is 10.7 Å². The maximum atomic E-state index is 13.9. The fourth-order valence-corrected chi connectivity index (χ4v) is 3.57. The number of anilines is 2. The number of amides is 1. The van der Waals surface area contributed by atoms with Crippen molar-refractivity contribution in [2.45, 2.75) is 34.1 Å². The molecule has 1 aromatic heterocycles. The zero-order valence-electron chi connectivity index (χ0n) is 15.7. The number of rotatable bonds is 5. The molecule has 0 fully saturated rings. The number of fused-ring (bicyclic) bond motifs is 1. The van der Waals surface area contributed by atoms with Crippen LogP contribution in [-0.4, -0.2) is 16.6 Å². The van der Waals surface area contributed by atoms with E-state index in [9.17, 15) is 9.18 Å². The van der Waals surface area contributed by atoms with Gasteiger partial charge in [0.1, 0.15) is 5.82 Å². The van der Waals surface area contributed by atoms with Crippen molar-refractivity contribution in [3.63, 3.8) is 0 Å². The van der Waals surface area contributed by atoms with Crippen LogP contribution in [-0.2, 0) is 0 Å². The topological polar surface area (TPSA) is 66.4 Å². The molecule has 0 aliphatic carbocycles. The SMILES string of the molecule is CC/C(C)=N/Nc1nc2cc(C)c(NC(=O)c3ccccc3F)c(C)c2s1. The quantitative estimate of drug-likeness (QED) is 0.451. The number of halogens is 1. The lowest BCUT2D eigenvalue weighted by Crippen LogP contribution is -2.15. The van der Waals surface area contributed by atoms with E-state index in [0.29, 0.717) is 10.8 Å². The zero-order valence-corrected chi connectivity index (χ0v) is 16.5. The summed E-state index contributed by atoms with van der Waals surface area (Å²) in [5.41, 5.74) is 7.28. The van der Waals surface area contributed by atoms with Gasteiger partial charge >= 0.3 is 0 Å². The molecular formula is C20H21FN4OS. The lowest BCUT2D eigenvalue weighted by atomic mass is 10.1. The monoisotopic (exact) mass is 384 g/mol. The van der Waals surface area contributed by atoms with E-state index < -0.39 is 11.7 Å². The summed E-state index contributed by atoms with van der Waals surface area (Å²) in [6.45, 7) is 7.81. The number of benzene rings is 2.